The molecule has 3 heteroatoms. The van der Waals surface area contributed by atoms with Crippen LogP contribution < -0.4 is 10.5 Å². The summed E-state index contributed by atoms with van der Waals surface area (Å²) in [6, 6.07) is 8.23. The van der Waals surface area contributed by atoms with Gasteiger partial charge in [-0.3, -0.25) is 4.90 Å². The summed E-state index contributed by atoms with van der Waals surface area (Å²) in [6.45, 7) is 9.26. The average Bonchev–Trinajstić information content (AvgIpc) is 2.41. The monoisotopic (exact) mass is 262 g/mol. The molecule has 0 spiro atoms. The Morgan fingerprint density at radius 1 is 1.42 bits per heavy atom. The molecule has 0 amide bonds. The van der Waals surface area contributed by atoms with E-state index >= 15 is 0 Å². The van der Waals surface area contributed by atoms with Crippen molar-refractivity contribution < 1.29 is 4.74 Å². The topological polar surface area (TPSA) is 38.5 Å². The van der Waals surface area contributed by atoms with Crippen LogP contribution in [0.5, 0.6) is 5.75 Å². The SMILES string of the molecule is Cc1cccc(OCCN2CCC(C)C(CN)C2)c1. The van der Waals surface area contributed by atoms with E-state index in [0.29, 0.717) is 5.92 Å². The quantitative estimate of drug-likeness (QED) is 0.885. The number of ether oxygens (including phenoxy) is 1. The zero-order valence-electron chi connectivity index (χ0n) is 12.1. The summed E-state index contributed by atoms with van der Waals surface area (Å²) in [5.74, 6) is 2.38. The third-order valence-electron chi connectivity index (χ3n) is 4.17. The number of benzene rings is 1. The first kappa shape index (κ1) is 14.4. The van der Waals surface area contributed by atoms with Crippen molar-refractivity contribution in [2.45, 2.75) is 20.3 Å². The van der Waals surface area contributed by atoms with Gasteiger partial charge in [-0.05, 0) is 56.0 Å². The molecule has 2 rings (SSSR count). The minimum Gasteiger partial charge on any atom is -0.492 e. The van der Waals surface area contributed by atoms with Crippen molar-refractivity contribution in [1.82, 2.24) is 4.90 Å². The molecular formula is C16H26N2O. The van der Waals surface area contributed by atoms with Gasteiger partial charge in [0.15, 0.2) is 0 Å². The number of rotatable bonds is 5. The summed E-state index contributed by atoms with van der Waals surface area (Å²) in [6.07, 6.45) is 1.26. The fourth-order valence-corrected chi connectivity index (χ4v) is 2.73. The van der Waals surface area contributed by atoms with Gasteiger partial charge in [-0.15, -0.1) is 0 Å². The number of piperidine rings is 1. The van der Waals surface area contributed by atoms with E-state index in [1.807, 2.05) is 12.1 Å². The Hall–Kier alpha value is -1.06. The summed E-state index contributed by atoms with van der Waals surface area (Å²) in [7, 11) is 0. The van der Waals surface area contributed by atoms with Crippen LogP contribution in [0.4, 0.5) is 0 Å². The maximum atomic E-state index is 5.83. The summed E-state index contributed by atoms with van der Waals surface area (Å²) in [4.78, 5) is 2.48. The molecule has 0 aliphatic carbocycles. The highest BCUT2D eigenvalue weighted by Crippen LogP contribution is 2.22. The Morgan fingerprint density at radius 3 is 3.00 bits per heavy atom. The molecule has 1 fully saturated rings. The van der Waals surface area contributed by atoms with Gasteiger partial charge in [-0.25, -0.2) is 0 Å². The Labute approximate surface area is 116 Å². The summed E-state index contributed by atoms with van der Waals surface area (Å²) in [5, 5.41) is 0. The Balaban J connectivity index is 1.74. The predicted octanol–water partition coefficient (Wildman–Crippen LogP) is 2.29. The second-order valence-corrected chi connectivity index (χ2v) is 5.73. The van der Waals surface area contributed by atoms with Gasteiger partial charge in [0.2, 0.25) is 0 Å². The van der Waals surface area contributed by atoms with Crippen LogP contribution in [0.25, 0.3) is 0 Å². The number of nitrogens with zero attached hydrogens (tertiary/aromatic N) is 1. The van der Waals surface area contributed by atoms with E-state index in [-0.39, 0.29) is 0 Å². The first-order valence-electron chi connectivity index (χ1n) is 7.31. The average molecular weight is 262 g/mol. The summed E-state index contributed by atoms with van der Waals surface area (Å²) >= 11 is 0. The number of hydrogen-bond donors (Lipinski definition) is 1. The third kappa shape index (κ3) is 4.22. The van der Waals surface area contributed by atoms with E-state index in [2.05, 4.69) is 30.9 Å². The van der Waals surface area contributed by atoms with Crippen LogP contribution in [0.2, 0.25) is 0 Å². The minimum absolute atomic E-state index is 0.646. The summed E-state index contributed by atoms with van der Waals surface area (Å²) < 4.78 is 5.81. The molecule has 106 valence electrons. The maximum Gasteiger partial charge on any atom is 0.119 e. The smallest absolute Gasteiger partial charge is 0.119 e. The Bertz CT molecular complexity index is 394. The van der Waals surface area contributed by atoms with E-state index in [9.17, 15) is 0 Å². The van der Waals surface area contributed by atoms with Crippen LogP contribution in [0.3, 0.4) is 0 Å². The van der Waals surface area contributed by atoms with Gasteiger partial charge in [0.25, 0.3) is 0 Å². The Morgan fingerprint density at radius 2 is 2.26 bits per heavy atom. The lowest BCUT2D eigenvalue weighted by molar-refractivity contribution is 0.114. The molecular weight excluding hydrogens is 236 g/mol. The van der Waals surface area contributed by atoms with E-state index in [0.717, 1.165) is 37.9 Å². The lowest BCUT2D eigenvalue weighted by Gasteiger charge is -2.36. The lowest BCUT2D eigenvalue weighted by atomic mass is 9.87. The molecule has 2 atom stereocenters. The van der Waals surface area contributed by atoms with Crippen molar-refractivity contribution in [3.05, 3.63) is 29.8 Å². The molecule has 1 aliphatic rings. The van der Waals surface area contributed by atoms with Crippen molar-refractivity contribution in [2.75, 3.05) is 32.8 Å². The molecule has 1 saturated heterocycles. The summed E-state index contributed by atoms with van der Waals surface area (Å²) in [5.41, 5.74) is 7.08. The molecule has 0 bridgehead atoms. The molecule has 1 aromatic rings. The normalized spacial score (nSPS) is 24.4. The molecule has 1 aromatic carbocycles. The number of hydrogen-bond acceptors (Lipinski definition) is 3. The number of aryl methyl sites for hydroxylation is 1. The zero-order valence-corrected chi connectivity index (χ0v) is 12.1. The van der Waals surface area contributed by atoms with Gasteiger partial charge >= 0.3 is 0 Å². The second kappa shape index (κ2) is 6.92. The number of likely N-dealkylation sites (tertiary alicyclic amines) is 1. The predicted molar refractivity (Wildman–Crippen MR) is 79.4 cm³/mol. The highest BCUT2D eigenvalue weighted by atomic mass is 16.5. The van der Waals surface area contributed by atoms with E-state index in [1.54, 1.807) is 0 Å². The molecule has 0 radical (unpaired) electrons. The zero-order chi connectivity index (χ0) is 13.7. The Kier molecular flexibility index (Phi) is 5.23. The molecule has 1 aliphatic heterocycles. The molecule has 1 heterocycles. The lowest BCUT2D eigenvalue weighted by Crippen LogP contribution is -2.44. The standard InChI is InChI=1S/C16H26N2O/c1-13-4-3-5-16(10-13)19-9-8-18-7-6-14(2)15(11-17)12-18/h3-5,10,14-15H,6-9,11-12,17H2,1-2H3. The van der Waals surface area contributed by atoms with Crippen molar-refractivity contribution in [3.63, 3.8) is 0 Å². The van der Waals surface area contributed by atoms with Crippen LogP contribution in [0, 0.1) is 18.8 Å². The molecule has 3 nitrogen and oxygen atoms in total. The van der Waals surface area contributed by atoms with Crippen molar-refractivity contribution in [1.29, 1.82) is 0 Å². The molecule has 2 unspecified atom stereocenters. The fraction of sp³-hybridized carbons (Fsp3) is 0.625. The van der Waals surface area contributed by atoms with Crippen LogP contribution in [0.1, 0.15) is 18.9 Å². The van der Waals surface area contributed by atoms with Gasteiger partial charge in [0, 0.05) is 13.1 Å². The number of nitrogens with two attached hydrogens (primary N) is 1. The first-order chi connectivity index (χ1) is 9.19. The van der Waals surface area contributed by atoms with Gasteiger partial charge in [0.1, 0.15) is 12.4 Å². The van der Waals surface area contributed by atoms with E-state index in [1.165, 1.54) is 18.5 Å². The van der Waals surface area contributed by atoms with Crippen molar-refractivity contribution >= 4 is 0 Å². The molecule has 0 saturated carbocycles. The van der Waals surface area contributed by atoms with Crippen LogP contribution in [0.15, 0.2) is 24.3 Å². The van der Waals surface area contributed by atoms with Gasteiger partial charge in [-0.2, -0.15) is 0 Å². The van der Waals surface area contributed by atoms with Gasteiger partial charge < -0.3 is 10.5 Å². The highest BCUT2D eigenvalue weighted by molar-refractivity contribution is 5.27. The van der Waals surface area contributed by atoms with E-state index in [4.69, 9.17) is 10.5 Å². The minimum atomic E-state index is 0.646. The highest BCUT2D eigenvalue weighted by Gasteiger charge is 2.24. The third-order valence-corrected chi connectivity index (χ3v) is 4.17. The maximum absolute atomic E-state index is 5.83. The first-order valence-corrected chi connectivity index (χ1v) is 7.31. The molecule has 19 heavy (non-hydrogen) atoms. The van der Waals surface area contributed by atoms with Gasteiger partial charge in [-0.1, -0.05) is 19.1 Å². The van der Waals surface area contributed by atoms with Crippen LogP contribution >= 0.6 is 0 Å². The van der Waals surface area contributed by atoms with E-state index < -0.39 is 0 Å². The molecule has 0 aromatic heterocycles. The second-order valence-electron chi connectivity index (χ2n) is 5.73. The molecule has 2 N–H and O–H groups in total. The van der Waals surface area contributed by atoms with Crippen LogP contribution in [-0.4, -0.2) is 37.7 Å². The van der Waals surface area contributed by atoms with Crippen molar-refractivity contribution in [3.8, 4) is 5.75 Å². The van der Waals surface area contributed by atoms with Crippen molar-refractivity contribution in [2.24, 2.45) is 17.6 Å². The van der Waals surface area contributed by atoms with Gasteiger partial charge in [0.05, 0.1) is 0 Å². The largest absolute Gasteiger partial charge is 0.492 e. The fourth-order valence-electron chi connectivity index (χ4n) is 2.73. The van der Waals surface area contributed by atoms with Crippen LogP contribution in [-0.2, 0) is 0 Å².